The molecule has 8 heteroatoms. The van der Waals surface area contributed by atoms with Gasteiger partial charge in [0.25, 0.3) is 0 Å². The molecule has 0 spiro atoms. The third-order valence-corrected chi connectivity index (χ3v) is 5.63. The van der Waals surface area contributed by atoms with Gasteiger partial charge in [0.15, 0.2) is 16.8 Å². The van der Waals surface area contributed by atoms with Gasteiger partial charge in [-0.25, -0.2) is 14.4 Å². The molecule has 0 bridgehead atoms. The molecule has 0 atom stereocenters. The predicted octanol–water partition coefficient (Wildman–Crippen LogP) is 5.66. The molecule has 0 fully saturated rings. The fraction of sp³-hybridized carbons (Fsp3) is 0.0870. The summed E-state index contributed by atoms with van der Waals surface area (Å²) in [5.41, 5.74) is 3.18. The molecule has 3 aromatic heterocycles. The van der Waals surface area contributed by atoms with Gasteiger partial charge in [0.2, 0.25) is 5.91 Å². The number of para-hydroxylation sites is 1. The highest BCUT2D eigenvalue weighted by Gasteiger charge is 2.14. The number of thiazole rings is 1. The van der Waals surface area contributed by atoms with Crippen molar-refractivity contribution in [3.05, 3.63) is 78.0 Å². The number of rotatable bonds is 6. The summed E-state index contributed by atoms with van der Waals surface area (Å²) < 4.78 is 19.5. The van der Waals surface area contributed by atoms with E-state index in [0.717, 1.165) is 22.2 Å². The second-order valence-corrected chi connectivity index (χ2v) is 7.79. The molecular formula is C23H17FN4O2S. The van der Waals surface area contributed by atoms with Crippen LogP contribution in [0, 0.1) is 5.82 Å². The average molecular weight is 432 g/mol. The minimum Gasteiger partial charge on any atom is -0.441 e. The van der Waals surface area contributed by atoms with Gasteiger partial charge in [0.05, 0.1) is 17.5 Å². The highest BCUT2D eigenvalue weighted by atomic mass is 32.1. The van der Waals surface area contributed by atoms with Crippen LogP contribution in [0.4, 0.5) is 9.52 Å². The van der Waals surface area contributed by atoms with E-state index in [1.807, 2.05) is 35.8 Å². The molecule has 2 aromatic carbocycles. The van der Waals surface area contributed by atoms with Gasteiger partial charge in [0.1, 0.15) is 5.82 Å². The van der Waals surface area contributed by atoms with Crippen molar-refractivity contribution in [3.63, 3.8) is 0 Å². The van der Waals surface area contributed by atoms with E-state index >= 15 is 0 Å². The Morgan fingerprint density at radius 3 is 2.87 bits per heavy atom. The van der Waals surface area contributed by atoms with E-state index in [1.54, 1.807) is 18.2 Å². The van der Waals surface area contributed by atoms with Gasteiger partial charge in [-0.15, -0.1) is 11.3 Å². The molecule has 3 heterocycles. The van der Waals surface area contributed by atoms with E-state index in [-0.39, 0.29) is 18.1 Å². The van der Waals surface area contributed by atoms with Crippen molar-refractivity contribution in [2.75, 3.05) is 5.32 Å². The predicted molar refractivity (Wildman–Crippen MR) is 118 cm³/mol. The lowest BCUT2D eigenvalue weighted by molar-refractivity contribution is -0.116. The summed E-state index contributed by atoms with van der Waals surface area (Å²) in [7, 11) is 0. The summed E-state index contributed by atoms with van der Waals surface area (Å²) in [6.45, 7) is 0. The highest BCUT2D eigenvalue weighted by molar-refractivity contribution is 7.14. The van der Waals surface area contributed by atoms with Gasteiger partial charge in [-0.3, -0.25) is 4.79 Å². The Balaban J connectivity index is 1.22. The largest absolute Gasteiger partial charge is 0.441 e. The van der Waals surface area contributed by atoms with Crippen LogP contribution in [0.15, 0.2) is 70.7 Å². The number of anilines is 1. The van der Waals surface area contributed by atoms with Crippen LogP contribution >= 0.6 is 11.3 Å². The van der Waals surface area contributed by atoms with Crippen LogP contribution in [0.2, 0.25) is 0 Å². The van der Waals surface area contributed by atoms with Gasteiger partial charge in [-0.1, -0.05) is 30.3 Å². The van der Waals surface area contributed by atoms with E-state index in [9.17, 15) is 9.18 Å². The number of amides is 1. The monoisotopic (exact) mass is 432 g/mol. The standard InChI is InChI=1S/C23H17FN4O2S/c24-17-7-3-1-6-15(17)20-12-26-22(30-20)10-9-21(29)28-23-27-19(13-31-23)16-11-25-18-8-4-2-5-14(16)18/h1-8,11-13,25H,9-10H2,(H,27,28,29). The lowest BCUT2D eigenvalue weighted by atomic mass is 10.1. The zero-order valence-corrected chi connectivity index (χ0v) is 17.1. The number of carbonyl (C=O) groups is 1. The maximum Gasteiger partial charge on any atom is 0.226 e. The first kappa shape index (κ1) is 19.2. The molecule has 0 aliphatic rings. The molecule has 5 rings (SSSR count). The number of oxazole rings is 1. The zero-order valence-electron chi connectivity index (χ0n) is 16.3. The van der Waals surface area contributed by atoms with Crippen molar-refractivity contribution in [2.24, 2.45) is 0 Å². The summed E-state index contributed by atoms with van der Waals surface area (Å²) in [5, 5.41) is 6.35. The van der Waals surface area contributed by atoms with Crippen LogP contribution in [0.25, 0.3) is 33.5 Å². The Morgan fingerprint density at radius 2 is 1.97 bits per heavy atom. The van der Waals surface area contributed by atoms with Crippen molar-refractivity contribution in [2.45, 2.75) is 12.8 Å². The number of aryl methyl sites for hydroxylation is 1. The lowest BCUT2D eigenvalue weighted by Crippen LogP contribution is -2.12. The van der Waals surface area contributed by atoms with Crippen LogP contribution in [0.1, 0.15) is 12.3 Å². The number of fused-ring (bicyclic) bond motifs is 1. The SMILES string of the molecule is O=C(CCc1ncc(-c2ccccc2F)o1)Nc1nc(-c2c[nH]c3ccccc23)cs1. The first-order valence-corrected chi connectivity index (χ1v) is 10.6. The minimum atomic E-state index is -0.377. The number of H-pyrrole nitrogens is 1. The van der Waals surface area contributed by atoms with Crippen molar-refractivity contribution in [1.82, 2.24) is 15.0 Å². The quantitative estimate of drug-likeness (QED) is 0.363. The first-order chi connectivity index (χ1) is 15.2. The number of carbonyl (C=O) groups excluding carboxylic acids is 1. The Bertz CT molecular complexity index is 1370. The number of nitrogens with one attached hydrogen (secondary N) is 2. The van der Waals surface area contributed by atoms with Gasteiger partial charge < -0.3 is 14.7 Å². The molecule has 5 aromatic rings. The summed E-state index contributed by atoms with van der Waals surface area (Å²) in [5.74, 6) is 0.159. The van der Waals surface area contributed by atoms with Crippen LogP contribution in [0.3, 0.4) is 0 Å². The molecule has 0 unspecified atom stereocenters. The van der Waals surface area contributed by atoms with Crippen LogP contribution in [-0.4, -0.2) is 20.9 Å². The molecule has 154 valence electrons. The molecule has 0 saturated carbocycles. The van der Waals surface area contributed by atoms with E-state index < -0.39 is 0 Å². The van der Waals surface area contributed by atoms with Gasteiger partial charge in [-0.2, -0.15) is 0 Å². The topological polar surface area (TPSA) is 83.8 Å². The Labute approximate surface area is 180 Å². The minimum absolute atomic E-state index is 0.180. The summed E-state index contributed by atoms with van der Waals surface area (Å²) >= 11 is 1.37. The van der Waals surface area contributed by atoms with E-state index in [2.05, 4.69) is 20.3 Å². The maximum absolute atomic E-state index is 13.9. The number of hydrogen-bond acceptors (Lipinski definition) is 5. The fourth-order valence-electron chi connectivity index (χ4n) is 3.35. The second kappa shape index (κ2) is 8.16. The Morgan fingerprint density at radius 1 is 1.13 bits per heavy atom. The van der Waals surface area contributed by atoms with E-state index in [0.29, 0.717) is 28.8 Å². The molecule has 6 nitrogen and oxygen atoms in total. The van der Waals surface area contributed by atoms with Gasteiger partial charge in [0, 0.05) is 40.9 Å². The normalized spacial score (nSPS) is 11.1. The molecule has 0 radical (unpaired) electrons. The van der Waals surface area contributed by atoms with Gasteiger partial charge in [-0.05, 0) is 18.2 Å². The van der Waals surface area contributed by atoms with E-state index in [4.69, 9.17) is 4.42 Å². The second-order valence-electron chi connectivity index (χ2n) is 6.93. The Kier molecular flexibility index (Phi) is 5.05. The first-order valence-electron chi connectivity index (χ1n) is 9.69. The lowest BCUT2D eigenvalue weighted by Gasteiger charge is -2.00. The highest BCUT2D eigenvalue weighted by Crippen LogP contribution is 2.31. The van der Waals surface area contributed by atoms with Crippen molar-refractivity contribution in [1.29, 1.82) is 0 Å². The fourth-order valence-corrected chi connectivity index (χ4v) is 4.08. The third kappa shape index (κ3) is 3.97. The maximum atomic E-state index is 13.9. The number of halogens is 1. The smallest absolute Gasteiger partial charge is 0.226 e. The van der Waals surface area contributed by atoms with Crippen molar-refractivity contribution in [3.8, 4) is 22.6 Å². The van der Waals surface area contributed by atoms with Crippen LogP contribution < -0.4 is 5.32 Å². The zero-order chi connectivity index (χ0) is 21.2. The number of aromatic amines is 1. The third-order valence-electron chi connectivity index (χ3n) is 4.87. The molecular weight excluding hydrogens is 415 g/mol. The van der Waals surface area contributed by atoms with Crippen molar-refractivity contribution >= 4 is 33.3 Å². The van der Waals surface area contributed by atoms with Crippen molar-refractivity contribution < 1.29 is 13.6 Å². The molecule has 0 aliphatic carbocycles. The molecule has 0 aliphatic heterocycles. The number of benzene rings is 2. The summed E-state index contributed by atoms with van der Waals surface area (Å²) in [4.78, 5) is 24.3. The molecule has 0 saturated heterocycles. The molecule has 31 heavy (non-hydrogen) atoms. The summed E-state index contributed by atoms with van der Waals surface area (Å²) in [6.07, 6.45) is 3.88. The number of nitrogens with zero attached hydrogens (tertiary/aromatic N) is 2. The number of aromatic nitrogens is 3. The van der Waals surface area contributed by atoms with E-state index in [1.165, 1.54) is 23.6 Å². The van der Waals surface area contributed by atoms with Crippen LogP contribution in [0.5, 0.6) is 0 Å². The Hall–Kier alpha value is -3.78. The summed E-state index contributed by atoms with van der Waals surface area (Å²) in [6, 6.07) is 14.3. The number of hydrogen-bond donors (Lipinski definition) is 2. The van der Waals surface area contributed by atoms with Crippen LogP contribution in [-0.2, 0) is 11.2 Å². The van der Waals surface area contributed by atoms with Gasteiger partial charge >= 0.3 is 0 Å². The molecule has 2 N–H and O–H groups in total. The average Bonchev–Trinajstić information content (AvgIpc) is 3.52. The molecule has 1 amide bonds.